The normalized spacial score (nSPS) is 13.3. The van der Waals surface area contributed by atoms with Gasteiger partial charge in [-0.3, -0.25) is 4.79 Å². The summed E-state index contributed by atoms with van der Waals surface area (Å²) in [6.07, 6.45) is 2.05. The van der Waals surface area contributed by atoms with Crippen molar-refractivity contribution in [3.63, 3.8) is 0 Å². The van der Waals surface area contributed by atoms with E-state index in [9.17, 15) is 4.79 Å². The summed E-state index contributed by atoms with van der Waals surface area (Å²) in [6, 6.07) is 0. The standard InChI is InChI=1S/C10H20O3/c1-5-6-8(2)7-9(11)10(12-3)13-4/h8,10H,5-7H2,1-4H3. The van der Waals surface area contributed by atoms with Crippen LogP contribution in [-0.4, -0.2) is 26.3 Å². The molecule has 0 aliphatic rings. The predicted octanol–water partition coefficient (Wildman–Crippen LogP) is 2.00. The Labute approximate surface area is 80.4 Å². The first-order chi connectivity index (χ1) is 6.15. The number of ether oxygens (including phenoxy) is 2. The largest absolute Gasteiger partial charge is 0.349 e. The van der Waals surface area contributed by atoms with Crippen LogP contribution >= 0.6 is 0 Å². The van der Waals surface area contributed by atoms with Gasteiger partial charge in [0.2, 0.25) is 6.29 Å². The summed E-state index contributed by atoms with van der Waals surface area (Å²) in [6.45, 7) is 4.19. The van der Waals surface area contributed by atoms with Gasteiger partial charge in [0.25, 0.3) is 0 Å². The van der Waals surface area contributed by atoms with Crippen LogP contribution in [0.5, 0.6) is 0 Å². The molecule has 1 atom stereocenters. The molecule has 3 heteroatoms. The van der Waals surface area contributed by atoms with E-state index in [1.807, 2.05) is 0 Å². The Kier molecular flexibility index (Phi) is 6.82. The minimum absolute atomic E-state index is 0.0333. The van der Waals surface area contributed by atoms with Gasteiger partial charge >= 0.3 is 0 Å². The maximum atomic E-state index is 11.4. The lowest BCUT2D eigenvalue weighted by atomic mass is 9.99. The van der Waals surface area contributed by atoms with Crippen LogP contribution in [0.3, 0.4) is 0 Å². The van der Waals surface area contributed by atoms with Crippen LogP contribution in [0.2, 0.25) is 0 Å². The molecule has 0 heterocycles. The van der Waals surface area contributed by atoms with Crippen molar-refractivity contribution < 1.29 is 14.3 Å². The van der Waals surface area contributed by atoms with Gasteiger partial charge in [0.15, 0.2) is 5.78 Å². The fourth-order valence-corrected chi connectivity index (χ4v) is 1.39. The molecule has 3 nitrogen and oxygen atoms in total. The van der Waals surface area contributed by atoms with Crippen LogP contribution in [0.1, 0.15) is 33.1 Å². The van der Waals surface area contributed by atoms with E-state index < -0.39 is 6.29 Å². The number of Topliss-reactive ketones (excluding diaryl/α,β-unsaturated/α-hetero) is 1. The Bertz CT molecular complexity index is 141. The highest BCUT2D eigenvalue weighted by Crippen LogP contribution is 2.12. The summed E-state index contributed by atoms with van der Waals surface area (Å²) in [5.74, 6) is 0.455. The molecule has 0 aromatic rings. The third-order valence-electron chi connectivity index (χ3n) is 2.02. The first-order valence-corrected chi connectivity index (χ1v) is 4.74. The maximum Gasteiger partial charge on any atom is 0.217 e. The fourth-order valence-electron chi connectivity index (χ4n) is 1.39. The van der Waals surface area contributed by atoms with E-state index >= 15 is 0 Å². The predicted molar refractivity (Wildman–Crippen MR) is 51.5 cm³/mol. The van der Waals surface area contributed by atoms with Gasteiger partial charge < -0.3 is 9.47 Å². The number of hydrogen-bond acceptors (Lipinski definition) is 3. The Morgan fingerprint density at radius 1 is 1.31 bits per heavy atom. The van der Waals surface area contributed by atoms with E-state index in [1.165, 1.54) is 14.2 Å². The van der Waals surface area contributed by atoms with E-state index in [1.54, 1.807) is 0 Å². The molecule has 0 spiro atoms. The minimum atomic E-state index is -0.681. The average Bonchev–Trinajstić information content (AvgIpc) is 2.06. The Balaban J connectivity index is 3.83. The van der Waals surface area contributed by atoms with Gasteiger partial charge in [0, 0.05) is 20.6 Å². The molecule has 0 saturated heterocycles. The summed E-state index contributed by atoms with van der Waals surface area (Å²) in [5, 5.41) is 0. The second-order valence-corrected chi connectivity index (χ2v) is 3.37. The SMILES string of the molecule is CCCC(C)CC(=O)C(OC)OC. The smallest absolute Gasteiger partial charge is 0.217 e. The molecule has 78 valence electrons. The number of rotatable bonds is 7. The van der Waals surface area contributed by atoms with Gasteiger partial charge in [-0.25, -0.2) is 0 Å². The molecule has 0 bridgehead atoms. The van der Waals surface area contributed by atoms with Gasteiger partial charge in [0.1, 0.15) is 0 Å². The first kappa shape index (κ1) is 12.6. The molecule has 0 aliphatic heterocycles. The third kappa shape index (κ3) is 5.01. The van der Waals surface area contributed by atoms with Crippen LogP contribution in [0, 0.1) is 5.92 Å². The van der Waals surface area contributed by atoms with Crippen molar-refractivity contribution in [3.8, 4) is 0 Å². The van der Waals surface area contributed by atoms with E-state index in [0.29, 0.717) is 12.3 Å². The van der Waals surface area contributed by atoms with Crippen LogP contribution in [-0.2, 0) is 14.3 Å². The number of carbonyl (C=O) groups is 1. The molecule has 0 amide bonds. The van der Waals surface area contributed by atoms with Crippen LogP contribution in [0.25, 0.3) is 0 Å². The number of ketones is 1. The zero-order chi connectivity index (χ0) is 10.3. The quantitative estimate of drug-likeness (QED) is 0.573. The molecule has 0 saturated carbocycles. The molecule has 1 unspecified atom stereocenters. The number of methoxy groups -OCH3 is 2. The molecular formula is C10H20O3. The fraction of sp³-hybridized carbons (Fsp3) is 0.900. The molecule has 0 aromatic carbocycles. The van der Waals surface area contributed by atoms with Gasteiger partial charge in [-0.15, -0.1) is 0 Å². The second-order valence-electron chi connectivity index (χ2n) is 3.37. The van der Waals surface area contributed by atoms with Gasteiger partial charge in [-0.1, -0.05) is 26.7 Å². The highest BCUT2D eigenvalue weighted by molar-refractivity contribution is 5.81. The highest BCUT2D eigenvalue weighted by atomic mass is 16.7. The topological polar surface area (TPSA) is 35.5 Å². The zero-order valence-corrected chi connectivity index (χ0v) is 9.00. The van der Waals surface area contributed by atoms with Crippen molar-refractivity contribution >= 4 is 5.78 Å². The summed E-state index contributed by atoms with van der Waals surface area (Å²) >= 11 is 0. The van der Waals surface area contributed by atoms with Crippen LogP contribution in [0.15, 0.2) is 0 Å². The third-order valence-corrected chi connectivity index (χ3v) is 2.02. The maximum absolute atomic E-state index is 11.4. The van der Waals surface area contributed by atoms with Gasteiger partial charge in [0.05, 0.1) is 0 Å². The lowest BCUT2D eigenvalue weighted by Crippen LogP contribution is -2.26. The zero-order valence-electron chi connectivity index (χ0n) is 9.00. The van der Waals surface area contributed by atoms with Crippen molar-refractivity contribution in [2.45, 2.75) is 39.4 Å². The molecule has 13 heavy (non-hydrogen) atoms. The molecule has 0 N–H and O–H groups in total. The molecule has 0 rings (SSSR count). The van der Waals surface area contributed by atoms with Crippen LogP contribution < -0.4 is 0 Å². The van der Waals surface area contributed by atoms with E-state index in [-0.39, 0.29) is 5.78 Å². The molecule has 0 fully saturated rings. The first-order valence-electron chi connectivity index (χ1n) is 4.74. The second kappa shape index (κ2) is 7.04. The minimum Gasteiger partial charge on any atom is -0.349 e. The van der Waals surface area contributed by atoms with Crippen molar-refractivity contribution in [3.05, 3.63) is 0 Å². The highest BCUT2D eigenvalue weighted by Gasteiger charge is 2.18. The molecule has 0 radical (unpaired) electrons. The van der Waals surface area contributed by atoms with Crippen molar-refractivity contribution in [1.82, 2.24) is 0 Å². The van der Waals surface area contributed by atoms with Crippen molar-refractivity contribution in [2.75, 3.05) is 14.2 Å². The van der Waals surface area contributed by atoms with Gasteiger partial charge in [-0.2, -0.15) is 0 Å². The average molecular weight is 188 g/mol. The summed E-state index contributed by atoms with van der Waals surface area (Å²) in [5.41, 5.74) is 0. The number of hydrogen-bond donors (Lipinski definition) is 0. The number of carbonyl (C=O) groups excluding carboxylic acids is 1. The van der Waals surface area contributed by atoms with Crippen LogP contribution in [0.4, 0.5) is 0 Å². The summed E-state index contributed by atoms with van der Waals surface area (Å²) in [4.78, 5) is 11.4. The monoisotopic (exact) mass is 188 g/mol. The molecule has 0 aromatic heterocycles. The Morgan fingerprint density at radius 3 is 2.23 bits per heavy atom. The van der Waals surface area contributed by atoms with Gasteiger partial charge in [-0.05, 0) is 5.92 Å². The van der Waals surface area contributed by atoms with E-state index in [2.05, 4.69) is 13.8 Å². The Hall–Kier alpha value is -0.410. The lowest BCUT2D eigenvalue weighted by Gasteiger charge is -2.14. The van der Waals surface area contributed by atoms with Crippen molar-refractivity contribution in [1.29, 1.82) is 0 Å². The van der Waals surface area contributed by atoms with Crippen molar-refractivity contribution in [2.24, 2.45) is 5.92 Å². The molecular weight excluding hydrogens is 168 g/mol. The Morgan fingerprint density at radius 2 is 1.85 bits per heavy atom. The summed E-state index contributed by atoms with van der Waals surface area (Å²) in [7, 11) is 2.97. The van der Waals surface area contributed by atoms with E-state index in [4.69, 9.17) is 9.47 Å². The molecule has 0 aliphatic carbocycles. The summed E-state index contributed by atoms with van der Waals surface area (Å²) < 4.78 is 9.74. The lowest BCUT2D eigenvalue weighted by molar-refractivity contribution is -0.157. The van der Waals surface area contributed by atoms with E-state index in [0.717, 1.165) is 12.8 Å².